The number of ether oxygens (including phenoxy) is 2. The van der Waals surface area contributed by atoms with Gasteiger partial charge in [0, 0.05) is 23.4 Å². The number of benzene rings is 2. The maximum Gasteiger partial charge on any atom is 0.267 e. The monoisotopic (exact) mass is 405 g/mol. The average Bonchev–Trinajstić information content (AvgIpc) is 3.20. The van der Waals surface area contributed by atoms with E-state index in [-0.39, 0.29) is 18.3 Å². The van der Waals surface area contributed by atoms with E-state index in [1.807, 2.05) is 39.0 Å². The SMILES string of the molecule is CCC(C(=O)Nc1ccc2c(c1)OCO2)n1nc(-c2ccc(C)c(C)c2)ccc1=O. The fourth-order valence-corrected chi connectivity index (χ4v) is 3.37. The van der Waals surface area contributed by atoms with Gasteiger partial charge < -0.3 is 14.8 Å². The molecule has 0 saturated heterocycles. The first kappa shape index (κ1) is 19.7. The topological polar surface area (TPSA) is 82.4 Å². The van der Waals surface area contributed by atoms with Crippen LogP contribution >= 0.6 is 0 Å². The number of nitrogens with one attached hydrogen (secondary N) is 1. The van der Waals surface area contributed by atoms with Crippen molar-refractivity contribution >= 4 is 11.6 Å². The van der Waals surface area contributed by atoms with E-state index in [4.69, 9.17) is 9.47 Å². The van der Waals surface area contributed by atoms with Crippen LogP contribution < -0.4 is 20.3 Å². The van der Waals surface area contributed by atoms with Gasteiger partial charge in [-0.05, 0) is 55.7 Å². The number of anilines is 1. The maximum absolute atomic E-state index is 13.0. The van der Waals surface area contributed by atoms with E-state index in [2.05, 4.69) is 10.4 Å². The molecule has 2 aromatic carbocycles. The summed E-state index contributed by atoms with van der Waals surface area (Å²) in [6, 6.07) is 13.6. The van der Waals surface area contributed by atoms with Crippen LogP contribution in [0.4, 0.5) is 5.69 Å². The van der Waals surface area contributed by atoms with Crippen LogP contribution in [0.2, 0.25) is 0 Å². The number of carbonyl (C=O) groups excluding carboxylic acids is 1. The van der Waals surface area contributed by atoms with Gasteiger partial charge in [-0.25, -0.2) is 4.68 Å². The van der Waals surface area contributed by atoms with Crippen LogP contribution in [0, 0.1) is 13.8 Å². The highest BCUT2D eigenvalue weighted by Gasteiger charge is 2.22. The number of rotatable bonds is 5. The summed E-state index contributed by atoms with van der Waals surface area (Å²) >= 11 is 0. The molecule has 1 unspecified atom stereocenters. The normalized spacial score (nSPS) is 13.2. The third-order valence-corrected chi connectivity index (χ3v) is 5.25. The molecule has 1 aliphatic heterocycles. The minimum absolute atomic E-state index is 0.162. The molecule has 0 radical (unpaired) electrons. The molecule has 0 spiro atoms. The summed E-state index contributed by atoms with van der Waals surface area (Å²) < 4.78 is 11.9. The molecule has 0 saturated carbocycles. The minimum atomic E-state index is -0.741. The highest BCUT2D eigenvalue weighted by Crippen LogP contribution is 2.34. The van der Waals surface area contributed by atoms with Gasteiger partial charge in [0.15, 0.2) is 11.5 Å². The van der Waals surface area contributed by atoms with E-state index in [0.29, 0.717) is 29.3 Å². The Kier molecular flexibility index (Phi) is 5.27. The molecule has 4 rings (SSSR count). The molecule has 0 aliphatic carbocycles. The van der Waals surface area contributed by atoms with Crippen molar-refractivity contribution in [1.82, 2.24) is 9.78 Å². The van der Waals surface area contributed by atoms with Crippen LogP contribution in [0.15, 0.2) is 53.3 Å². The van der Waals surface area contributed by atoms with Gasteiger partial charge in [0.1, 0.15) is 6.04 Å². The molecule has 1 aliphatic rings. The Hall–Kier alpha value is -3.61. The van der Waals surface area contributed by atoms with Crippen molar-refractivity contribution in [3.63, 3.8) is 0 Å². The Balaban J connectivity index is 1.62. The molecule has 0 bridgehead atoms. The van der Waals surface area contributed by atoms with E-state index in [0.717, 1.165) is 11.1 Å². The van der Waals surface area contributed by atoms with Gasteiger partial charge >= 0.3 is 0 Å². The van der Waals surface area contributed by atoms with Crippen LogP contribution in [0.1, 0.15) is 30.5 Å². The third-order valence-electron chi connectivity index (χ3n) is 5.25. The van der Waals surface area contributed by atoms with Crippen LogP contribution in [-0.2, 0) is 4.79 Å². The lowest BCUT2D eigenvalue weighted by molar-refractivity contribution is -0.119. The second-order valence-corrected chi connectivity index (χ2v) is 7.28. The Morgan fingerprint density at radius 2 is 1.87 bits per heavy atom. The van der Waals surface area contributed by atoms with Crippen molar-refractivity contribution in [2.45, 2.75) is 33.2 Å². The lowest BCUT2D eigenvalue weighted by atomic mass is 10.0. The zero-order valence-electron chi connectivity index (χ0n) is 17.1. The van der Waals surface area contributed by atoms with Crippen LogP contribution in [0.3, 0.4) is 0 Å². The predicted octanol–water partition coefficient (Wildman–Crippen LogP) is 3.85. The molecule has 1 N–H and O–H groups in total. The van der Waals surface area contributed by atoms with Crippen molar-refractivity contribution < 1.29 is 14.3 Å². The molecule has 7 heteroatoms. The molecule has 154 valence electrons. The summed E-state index contributed by atoms with van der Waals surface area (Å²) in [5.41, 5.74) is 4.11. The summed E-state index contributed by atoms with van der Waals surface area (Å²) in [6.45, 7) is 6.08. The average molecular weight is 405 g/mol. The fraction of sp³-hybridized carbons (Fsp3) is 0.261. The third kappa shape index (κ3) is 3.78. The molecule has 1 amide bonds. The lowest BCUT2D eigenvalue weighted by Crippen LogP contribution is -2.34. The Morgan fingerprint density at radius 1 is 1.07 bits per heavy atom. The lowest BCUT2D eigenvalue weighted by Gasteiger charge is -2.18. The molecule has 1 atom stereocenters. The molecule has 1 aromatic heterocycles. The number of nitrogens with zero attached hydrogens (tertiary/aromatic N) is 2. The van der Waals surface area contributed by atoms with Gasteiger partial charge in [-0.2, -0.15) is 5.10 Å². The number of carbonyl (C=O) groups is 1. The smallest absolute Gasteiger partial charge is 0.267 e. The first-order valence-electron chi connectivity index (χ1n) is 9.84. The fourth-order valence-electron chi connectivity index (χ4n) is 3.37. The van der Waals surface area contributed by atoms with Gasteiger partial charge in [-0.15, -0.1) is 0 Å². The Labute approximate surface area is 174 Å². The summed E-state index contributed by atoms with van der Waals surface area (Å²) in [6.07, 6.45) is 0.416. The van der Waals surface area contributed by atoms with Gasteiger partial charge in [0.25, 0.3) is 5.56 Å². The van der Waals surface area contributed by atoms with E-state index < -0.39 is 6.04 Å². The first-order chi connectivity index (χ1) is 14.5. The molecule has 0 fully saturated rings. The summed E-state index contributed by atoms with van der Waals surface area (Å²) in [7, 11) is 0. The van der Waals surface area contributed by atoms with Crippen LogP contribution in [-0.4, -0.2) is 22.5 Å². The van der Waals surface area contributed by atoms with Crippen molar-refractivity contribution in [2.75, 3.05) is 12.1 Å². The number of aromatic nitrogens is 2. The zero-order chi connectivity index (χ0) is 21.3. The highest BCUT2D eigenvalue weighted by molar-refractivity contribution is 5.94. The van der Waals surface area contributed by atoms with Crippen molar-refractivity contribution in [1.29, 1.82) is 0 Å². The Morgan fingerprint density at radius 3 is 2.63 bits per heavy atom. The number of hydrogen-bond donors (Lipinski definition) is 1. The van der Waals surface area contributed by atoms with Gasteiger partial charge in [0.2, 0.25) is 12.7 Å². The quantitative estimate of drug-likeness (QED) is 0.697. The summed E-state index contributed by atoms with van der Waals surface area (Å²) in [5, 5.41) is 7.35. The highest BCUT2D eigenvalue weighted by atomic mass is 16.7. The maximum atomic E-state index is 13.0. The summed E-state index contributed by atoms with van der Waals surface area (Å²) in [4.78, 5) is 25.5. The largest absolute Gasteiger partial charge is 0.454 e. The van der Waals surface area contributed by atoms with Crippen LogP contribution in [0.5, 0.6) is 11.5 Å². The van der Waals surface area contributed by atoms with E-state index in [9.17, 15) is 9.59 Å². The van der Waals surface area contributed by atoms with Crippen molar-refractivity contribution in [3.8, 4) is 22.8 Å². The summed E-state index contributed by atoms with van der Waals surface area (Å²) in [5.74, 6) is 0.898. The molecule has 30 heavy (non-hydrogen) atoms. The second kappa shape index (κ2) is 8.02. The number of hydrogen-bond acceptors (Lipinski definition) is 5. The second-order valence-electron chi connectivity index (χ2n) is 7.28. The first-order valence-corrected chi connectivity index (χ1v) is 9.84. The zero-order valence-corrected chi connectivity index (χ0v) is 17.1. The standard InChI is InChI=1S/C23H23N3O4/c1-4-19(23(28)24-17-7-9-20-21(12-17)30-13-29-20)26-22(27)10-8-18(25-26)16-6-5-14(2)15(3)11-16/h5-12,19H,4,13H2,1-3H3,(H,24,28). The van der Waals surface area contributed by atoms with Gasteiger partial charge in [0.05, 0.1) is 5.69 Å². The molecular weight excluding hydrogens is 382 g/mol. The molecule has 2 heterocycles. The van der Waals surface area contributed by atoms with Crippen molar-refractivity contribution in [2.24, 2.45) is 0 Å². The van der Waals surface area contributed by atoms with Gasteiger partial charge in [-0.3, -0.25) is 9.59 Å². The van der Waals surface area contributed by atoms with E-state index in [1.54, 1.807) is 24.3 Å². The number of fused-ring (bicyclic) bond motifs is 1. The predicted molar refractivity (Wildman–Crippen MR) is 114 cm³/mol. The molecular formula is C23H23N3O4. The van der Waals surface area contributed by atoms with E-state index >= 15 is 0 Å². The van der Waals surface area contributed by atoms with Gasteiger partial charge in [-0.1, -0.05) is 19.1 Å². The van der Waals surface area contributed by atoms with E-state index in [1.165, 1.54) is 16.3 Å². The number of aryl methyl sites for hydroxylation is 2. The molecule has 3 aromatic rings. The molecule has 7 nitrogen and oxygen atoms in total. The van der Waals surface area contributed by atoms with Crippen molar-refractivity contribution in [3.05, 3.63) is 70.0 Å². The van der Waals surface area contributed by atoms with Crippen LogP contribution in [0.25, 0.3) is 11.3 Å². The Bertz CT molecular complexity index is 1170. The number of amides is 1. The minimum Gasteiger partial charge on any atom is -0.454 e.